The summed E-state index contributed by atoms with van der Waals surface area (Å²) in [6.45, 7) is 3.58. The van der Waals surface area contributed by atoms with E-state index in [-0.39, 0.29) is 0 Å². The summed E-state index contributed by atoms with van der Waals surface area (Å²) in [4.78, 5) is 0. The standard InChI is InChI=1S/C15H15NO2/c1-2-15(16)18-14-11-7-6-10-13(14)17-12-8-4-3-5-9-12/h2-11,15H,1,16H2. The van der Waals surface area contributed by atoms with E-state index >= 15 is 0 Å². The van der Waals surface area contributed by atoms with Crippen molar-refractivity contribution in [3.63, 3.8) is 0 Å². The van der Waals surface area contributed by atoms with E-state index in [1.165, 1.54) is 6.08 Å². The highest BCUT2D eigenvalue weighted by Gasteiger charge is 2.07. The molecule has 1 atom stereocenters. The van der Waals surface area contributed by atoms with Gasteiger partial charge in [0.05, 0.1) is 0 Å². The van der Waals surface area contributed by atoms with E-state index in [0.717, 1.165) is 5.75 Å². The van der Waals surface area contributed by atoms with Crippen molar-refractivity contribution in [1.82, 2.24) is 0 Å². The molecule has 0 spiro atoms. The van der Waals surface area contributed by atoms with Crippen LogP contribution in [0.25, 0.3) is 0 Å². The molecule has 2 aromatic rings. The number of nitrogens with two attached hydrogens (primary N) is 1. The monoisotopic (exact) mass is 241 g/mol. The number of benzene rings is 2. The van der Waals surface area contributed by atoms with E-state index in [4.69, 9.17) is 15.2 Å². The van der Waals surface area contributed by atoms with Gasteiger partial charge in [-0.25, -0.2) is 0 Å². The quantitative estimate of drug-likeness (QED) is 0.645. The Bertz CT molecular complexity index is 511. The van der Waals surface area contributed by atoms with Crippen LogP contribution in [0.2, 0.25) is 0 Å². The van der Waals surface area contributed by atoms with Crippen LogP contribution in [-0.4, -0.2) is 6.23 Å². The molecule has 2 aromatic carbocycles. The highest BCUT2D eigenvalue weighted by Crippen LogP contribution is 2.31. The molecule has 3 nitrogen and oxygen atoms in total. The zero-order chi connectivity index (χ0) is 12.8. The minimum atomic E-state index is -0.550. The molecule has 0 heterocycles. The molecule has 0 bridgehead atoms. The van der Waals surface area contributed by atoms with Crippen LogP contribution in [0, 0.1) is 0 Å². The van der Waals surface area contributed by atoms with E-state index in [9.17, 15) is 0 Å². The topological polar surface area (TPSA) is 44.5 Å². The number of para-hydroxylation sites is 3. The lowest BCUT2D eigenvalue weighted by Crippen LogP contribution is -2.24. The largest absolute Gasteiger partial charge is 0.468 e. The maximum atomic E-state index is 5.74. The van der Waals surface area contributed by atoms with Gasteiger partial charge in [0, 0.05) is 0 Å². The van der Waals surface area contributed by atoms with Gasteiger partial charge in [-0.2, -0.15) is 0 Å². The molecule has 0 fully saturated rings. The fourth-order valence-corrected chi connectivity index (χ4v) is 1.44. The molecule has 0 amide bonds. The number of hydrogen-bond acceptors (Lipinski definition) is 3. The maximum Gasteiger partial charge on any atom is 0.169 e. The molecule has 1 unspecified atom stereocenters. The molecule has 2 N–H and O–H groups in total. The normalized spacial score (nSPS) is 11.6. The van der Waals surface area contributed by atoms with Crippen molar-refractivity contribution in [1.29, 1.82) is 0 Å². The first kappa shape index (κ1) is 12.2. The molecule has 0 saturated carbocycles. The van der Waals surface area contributed by atoms with Gasteiger partial charge in [0.15, 0.2) is 17.7 Å². The first-order chi connectivity index (χ1) is 8.79. The highest BCUT2D eigenvalue weighted by atomic mass is 16.5. The SMILES string of the molecule is C=CC(N)Oc1ccccc1Oc1ccccc1. The van der Waals surface area contributed by atoms with Crippen molar-refractivity contribution >= 4 is 0 Å². The average Bonchev–Trinajstić information content (AvgIpc) is 2.42. The fraction of sp³-hybridized carbons (Fsp3) is 0.0667. The third-order valence-corrected chi connectivity index (χ3v) is 2.32. The molecule has 2 rings (SSSR count). The highest BCUT2D eigenvalue weighted by molar-refractivity contribution is 5.42. The lowest BCUT2D eigenvalue weighted by Gasteiger charge is -2.14. The Labute approximate surface area is 106 Å². The van der Waals surface area contributed by atoms with Crippen LogP contribution in [0.1, 0.15) is 0 Å². The smallest absolute Gasteiger partial charge is 0.169 e. The molecule has 0 aromatic heterocycles. The van der Waals surface area contributed by atoms with Crippen molar-refractivity contribution in [2.75, 3.05) is 0 Å². The second-order valence-corrected chi connectivity index (χ2v) is 3.68. The molecule has 0 aliphatic heterocycles. The average molecular weight is 241 g/mol. The van der Waals surface area contributed by atoms with Crippen LogP contribution >= 0.6 is 0 Å². The van der Waals surface area contributed by atoms with Crippen LogP contribution in [0.3, 0.4) is 0 Å². The zero-order valence-corrected chi connectivity index (χ0v) is 9.95. The predicted octanol–water partition coefficient (Wildman–Crippen LogP) is 3.33. The van der Waals surface area contributed by atoms with Crippen molar-refractivity contribution < 1.29 is 9.47 Å². The summed E-state index contributed by atoms with van der Waals surface area (Å²) in [5.41, 5.74) is 5.67. The van der Waals surface area contributed by atoms with Gasteiger partial charge in [-0.05, 0) is 30.3 Å². The van der Waals surface area contributed by atoms with Gasteiger partial charge in [0.1, 0.15) is 5.75 Å². The third-order valence-electron chi connectivity index (χ3n) is 2.32. The minimum absolute atomic E-state index is 0.550. The molecule has 0 saturated heterocycles. The predicted molar refractivity (Wildman–Crippen MR) is 71.8 cm³/mol. The van der Waals surface area contributed by atoms with Crippen molar-refractivity contribution in [3.8, 4) is 17.2 Å². The van der Waals surface area contributed by atoms with Crippen molar-refractivity contribution in [2.24, 2.45) is 5.73 Å². The lowest BCUT2D eigenvalue weighted by atomic mass is 10.3. The van der Waals surface area contributed by atoms with Gasteiger partial charge in [0.2, 0.25) is 0 Å². The first-order valence-corrected chi connectivity index (χ1v) is 5.66. The molecule has 92 valence electrons. The summed E-state index contributed by atoms with van der Waals surface area (Å²) in [6.07, 6.45) is 0.977. The zero-order valence-electron chi connectivity index (χ0n) is 9.95. The molecule has 0 aliphatic rings. The van der Waals surface area contributed by atoms with E-state index in [2.05, 4.69) is 6.58 Å². The Morgan fingerprint density at radius 2 is 1.56 bits per heavy atom. The van der Waals surface area contributed by atoms with Gasteiger partial charge in [0.25, 0.3) is 0 Å². The Hall–Kier alpha value is -2.26. The van der Waals surface area contributed by atoms with Gasteiger partial charge in [-0.15, -0.1) is 0 Å². The Morgan fingerprint density at radius 3 is 2.22 bits per heavy atom. The maximum absolute atomic E-state index is 5.74. The summed E-state index contributed by atoms with van der Waals surface area (Å²) in [7, 11) is 0. The summed E-state index contributed by atoms with van der Waals surface area (Å²) >= 11 is 0. The molecular weight excluding hydrogens is 226 g/mol. The van der Waals surface area contributed by atoms with Gasteiger partial charge in [-0.3, -0.25) is 5.73 Å². The van der Waals surface area contributed by atoms with Gasteiger partial charge in [-0.1, -0.05) is 36.9 Å². The second kappa shape index (κ2) is 5.89. The fourth-order valence-electron chi connectivity index (χ4n) is 1.44. The van der Waals surface area contributed by atoms with Crippen LogP contribution < -0.4 is 15.2 Å². The Morgan fingerprint density at radius 1 is 0.944 bits per heavy atom. The van der Waals surface area contributed by atoms with Crippen LogP contribution in [0.15, 0.2) is 67.3 Å². The van der Waals surface area contributed by atoms with E-state index < -0.39 is 6.23 Å². The summed E-state index contributed by atoms with van der Waals surface area (Å²) in [5, 5.41) is 0. The van der Waals surface area contributed by atoms with E-state index in [0.29, 0.717) is 11.5 Å². The van der Waals surface area contributed by atoms with Crippen LogP contribution in [0.4, 0.5) is 0 Å². The van der Waals surface area contributed by atoms with Crippen molar-refractivity contribution in [3.05, 3.63) is 67.3 Å². The summed E-state index contributed by atoms with van der Waals surface area (Å²) in [6, 6.07) is 16.9. The molecule has 3 heteroatoms. The van der Waals surface area contributed by atoms with E-state index in [1.807, 2.05) is 54.6 Å². The Balaban J connectivity index is 2.20. The number of hydrogen-bond donors (Lipinski definition) is 1. The molecule has 0 aliphatic carbocycles. The summed E-state index contributed by atoms with van der Waals surface area (Å²) < 4.78 is 11.2. The number of ether oxygens (including phenoxy) is 2. The second-order valence-electron chi connectivity index (χ2n) is 3.68. The molecular formula is C15H15NO2. The van der Waals surface area contributed by atoms with Gasteiger partial charge < -0.3 is 9.47 Å². The molecule has 18 heavy (non-hydrogen) atoms. The van der Waals surface area contributed by atoms with Gasteiger partial charge >= 0.3 is 0 Å². The number of rotatable bonds is 5. The lowest BCUT2D eigenvalue weighted by molar-refractivity contribution is 0.248. The van der Waals surface area contributed by atoms with Crippen molar-refractivity contribution in [2.45, 2.75) is 6.23 Å². The van der Waals surface area contributed by atoms with Crippen LogP contribution in [-0.2, 0) is 0 Å². The summed E-state index contributed by atoms with van der Waals surface area (Å²) in [5.74, 6) is 1.97. The Kier molecular flexibility index (Phi) is 3.99. The minimum Gasteiger partial charge on any atom is -0.468 e. The van der Waals surface area contributed by atoms with E-state index in [1.54, 1.807) is 0 Å². The third kappa shape index (κ3) is 3.12. The van der Waals surface area contributed by atoms with Crippen LogP contribution in [0.5, 0.6) is 17.2 Å². The molecule has 0 radical (unpaired) electrons. The first-order valence-electron chi connectivity index (χ1n) is 5.66.